The van der Waals surface area contributed by atoms with Crippen molar-refractivity contribution in [2.45, 2.75) is 39.3 Å². The van der Waals surface area contributed by atoms with E-state index in [9.17, 15) is 13.2 Å². The van der Waals surface area contributed by atoms with Crippen molar-refractivity contribution in [3.05, 3.63) is 125 Å². The van der Waals surface area contributed by atoms with E-state index in [2.05, 4.69) is 26.0 Å². The number of rotatable bonds is 2. The molecule has 0 unspecified atom stereocenters. The molecule has 0 spiro atoms. The van der Waals surface area contributed by atoms with Gasteiger partial charge < -0.3 is 4.57 Å². The van der Waals surface area contributed by atoms with Crippen molar-refractivity contribution in [2.75, 3.05) is 0 Å². The van der Waals surface area contributed by atoms with E-state index in [0.717, 1.165) is 51.2 Å². The van der Waals surface area contributed by atoms with E-state index >= 15 is 8.78 Å². The van der Waals surface area contributed by atoms with Gasteiger partial charge in [0, 0.05) is 21.8 Å². The fourth-order valence-corrected chi connectivity index (χ4v) is 6.37. The summed E-state index contributed by atoms with van der Waals surface area (Å²) in [5.41, 5.74) is 2.94. The highest BCUT2D eigenvalue weighted by atomic mass is 19.4. The van der Waals surface area contributed by atoms with Gasteiger partial charge in [-0.05, 0) is 58.7 Å². The molecule has 212 valence electrons. The Hall–Kier alpha value is -4.45. The molecule has 0 amide bonds. The highest BCUT2D eigenvalue weighted by Gasteiger charge is 2.39. The zero-order chi connectivity index (χ0) is 30.0. The van der Waals surface area contributed by atoms with Crippen LogP contribution in [0.25, 0.3) is 49.7 Å². The number of hydrogen-bond donors (Lipinski definition) is 0. The van der Waals surface area contributed by atoms with Crippen LogP contribution in [0.15, 0.2) is 97.1 Å². The maximum atomic E-state index is 15.1. The van der Waals surface area contributed by atoms with Crippen molar-refractivity contribution in [3.8, 4) is 27.9 Å². The van der Waals surface area contributed by atoms with Gasteiger partial charge in [-0.2, -0.15) is 13.2 Å². The minimum atomic E-state index is -4.78. The van der Waals surface area contributed by atoms with Gasteiger partial charge in [0.2, 0.25) is 0 Å². The van der Waals surface area contributed by atoms with E-state index < -0.39 is 34.4 Å². The van der Waals surface area contributed by atoms with Crippen LogP contribution < -0.4 is 0 Å². The predicted molar refractivity (Wildman–Crippen MR) is 160 cm³/mol. The van der Waals surface area contributed by atoms with E-state index in [1.54, 1.807) is 12.1 Å². The number of fused-ring (bicyclic) bond motifs is 6. The maximum absolute atomic E-state index is 15.1. The molecule has 1 aliphatic rings. The summed E-state index contributed by atoms with van der Waals surface area (Å²) in [6, 6.07) is 26.1. The van der Waals surface area contributed by atoms with Gasteiger partial charge in [0.05, 0.1) is 27.8 Å². The molecule has 6 aromatic rings. The lowest BCUT2D eigenvalue weighted by atomic mass is 9.82. The van der Waals surface area contributed by atoms with Crippen LogP contribution in [0.3, 0.4) is 0 Å². The molecule has 6 heteroatoms. The smallest absolute Gasteiger partial charge is 0.308 e. The van der Waals surface area contributed by atoms with Crippen molar-refractivity contribution in [2.24, 2.45) is 0 Å². The molecule has 0 atom stereocenters. The van der Waals surface area contributed by atoms with Gasteiger partial charge in [0.25, 0.3) is 0 Å². The van der Waals surface area contributed by atoms with Crippen LogP contribution in [-0.4, -0.2) is 4.57 Å². The quantitative estimate of drug-likeness (QED) is 0.183. The van der Waals surface area contributed by atoms with Gasteiger partial charge >= 0.3 is 6.18 Å². The monoisotopic (exact) mass is 569 g/mol. The van der Waals surface area contributed by atoms with Crippen molar-refractivity contribution in [1.29, 1.82) is 0 Å². The molecule has 0 bridgehead atoms. The molecule has 0 saturated carbocycles. The average molecular weight is 570 g/mol. The molecule has 0 fully saturated rings. The van der Waals surface area contributed by atoms with Gasteiger partial charge in [-0.1, -0.05) is 88.4 Å². The third kappa shape index (κ3) is 3.96. The van der Waals surface area contributed by atoms with Crippen LogP contribution in [0.1, 0.15) is 44.4 Å². The first-order chi connectivity index (χ1) is 20.1. The number of nitrogens with zero attached hydrogens (tertiary/aromatic N) is 1. The highest BCUT2D eigenvalue weighted by molar-refractivity contribution is 6.12. The predicted octanol–water partition coefficient (Wildman–Crippen LogP) is 11.1. The van der Waals surface area contributed by atoms with Crippen LogP contribution in [0.5, 0.6) is 0 Å². The van der Waals surface area contributed by atoms with Crippen LogP contribution in [0.2, 0.25) is 0 Å². The second-order valence-electron chi connectivity index (χ2n) is 10.7. The van der Waals surface area contributed by atoms with Crippen molar-refractivity contribution in [3.63, 3.8) is 0 Å². The molecule has 0 aliphatic heterocycles. The number of benzene rings is 5. The van der Waals surface area contributed by atoms with E-state index in [-0.39, 0.29) is 11.3 Å². The Kier molecular flexibility index (Phi) is 6.48. The zero-order valence-electron chi connectivity index (χ0n) is 23.6. The molecular weight excluding hydrogens is 541 g/mol. The maximum Gasteiger partial charge on any atom is 0.418 e. The molecule has 1 heterocycles. The molecule has 0 N–H and O–H groups in total. The molecule has 1 aliphatic carbocycles. The van der Waals surface area contributed by atoms with Crippen LogP contribution >= 0.6 is 0 Å². The van der Waals surface area contributed by atoms with Gasteiger partial charge in [-0.3, -0.25) is 0 Å². The summed E-state index contributed by atoms with van der Waals surface area (Å²) in [7, 11) is 0. The summed E-state index contributed by atoms with van der Waals surface area (Å²) >= 11 is 0. The lowest BCUT2D eigenvalue weighted by molar-refractivity contribution is -0.137. The Bertz CT molecular complexity index is 1970. The Labute approximate surface area is 240 Å². The molecule has 1 aromatic heterocycles. The lowest BCUT2D eigenvalue weighted by Crippen LogP contribution is -2.15. The third-order valence-corrected chi connectivity index (χ3v) is 8.17. The van der Waals surface area contributed by atoms with E-state index in [1.165, 1.54) is 22.8 Å². The first kappa shape index (κ1) is 27.7. The molecular formula is C36H28F5N. The number of aromatic nitrogens is 1. The summed E-state index contributed by atoms with van der Waals surface area (Å²) in [6.07, 6.45) is -4.78. The average Bonchev–Trinajstić information content (AvgIpc) is 3.41. The Morgan fingerprint density at radius 3 is 1.93 bits per heavy atom. The van der Waals surface area contributed by atoms with Crippen LogP contribution in [-0.2, 0) is 11.6 Å². The SMILES string of the molecule is CC.CC1(C)c2ccccc2-c2cc3c4ccccc4n(-c4c(-c5c(F)cccc5F)cccc4C(F)(F)F)c3cc21. The van der Waals surface area contributed by atoms with E-state index in [0.29, 0.717) is 11.0 Å². The van der Waals surface area contributed by atoms with Gasteiger partial charge in [-0.25, -0.2) is 8.78 Å². The van der Waals surface area contributed by atoms with Gasteiger partial charge in [0.1, 0.15) is 11.6 Å². The van der Waals surface area contributed by atoms with Crippen molar-refractivity contribution >= 4 is 21.8 Å². The molecule has 42 heavy (non-hydrogen) atoms. The minimum absolute atomic E-state index is 0.170. The van der Waals surface area contributed by atoms with Crippen LogP contribution in [0.4, 0.5) is 22.0 Å². The van der Waals surface area contributed by atoms with E-state index in [1.807, 2.05) is 50.2 Å². The molecule has 0 radical (unpaired) electrons. The fourth-order valence-electron chi connectivity index (χ4n) is 6.37. The zero-order valence-corrected chi connectivity index (χ0v) is 23.6. The third-order valence-electron chi connectivity index (χ3n) is 8.17. The van der Waals surface area contributed by atoms with E-state index in [4.69, 9.17) is 0 Å². The first-order valence-corrected chi connectivity index (χ1v) is 13.9. The largest absolute Gasteiger partial charge is 0.418 e. The summed E-state index contributed by atoms with van der Waals surface area (Å²) < 4.78 is 75.7. The molecule has 0 saturated heterocycles. The molecule has 7 rings (SSSR count). The standard InChI is InChI=1S/C34H22F5N.C2H6/c1-33(2)24-12-5-3-9-19(24)22-17-23-20-10-4-6-16-29(20)40(30(23)18-26(22)33)32-21(11-7-13-25(32)34(37,38)39)31-27(35)14-8-15-28(31)36;1-2/h3-18H,1-2H3;1-2H3. The second-order valence-corrected chi connectivity index (χ2v) is 10.7. The first-order valence-electron chi connectivity index (χ1n) is 13.9. The Balaban J connectivity index is 0.00000155. The van der Waals surface area contributed by atoms with Crippen molar-refractivity contribution < 1.29 is 22.0 Å². The fraction of sp³-hybridized carbons (Fsp3) is 0.167. The lowest BCUT2D eigenvalue weighted by Gasteiger charge is -2.23. The molecule has 5 aromatic carbocycles. The summed E-state index contributed by atoms with van der Waals surface area (Å²) in [6.45, 7) is 8.20. The Morgan fingerprint density at radius 1 is 0.595 bits per heavy atom. The van der Waals surface area contributed by atoms with Gasteiger partial charge in [-0.15, -0.1) is 0 Å². The summed E-state index contributed by atoms with van der Waals surface area (Å²) in [5, 5.41) is 1.51. The number of hydrogen-bond acceptors (Lipinski definition) is 0. The second kappa shape index (κ2) is 9.83. The number of halogens is 5. The van der Waals surface area contributed by atoms with Crippen LogP contribution in [0, 0.1) is 11.6 Å². The summed E-state index contributed by atoms with van der Waals surface area (Å²) in [5.74, 6) is -1.86. The molecule has 1 nitrogen and oxygen atoms in total. The minimum Gasteiger partial charge on any atom is -0.308 e. The van der Waals surface area contributed by atoms with Crippen molar-refractivity contribution in [1.82, 2.24) is 4.57 Å². The van der Waals surface area contributed by atoms with Gasteiger partial charge in [0.15, 0.2) is 0 Å². The normalized spacial score (nSPS) is 13.5. The summed E-state index contributed by atoms with van der Waals surface area (Å²) in [4.78, 5) is 0. The number of alkyl halides is 3. The number of para-hydroxylation sites is 2. The topological polar surface area (TPSA) is 4.93 Å². The highest BCUT2D eigenvalue weighted by Crippen LogP contribution is 2.52. The Morgan fingerprint density at radius 2 is 1.21 bits per heavy atom.